The van der Waals surface area contributed by atoms with E-state index in [0.717, 1.165) is 16.9 Å². The average Bonchev–Trinajstić information content (AvgIpc) is 2.74. The number of carbonyl (C=O) groups is 3. The lowest BCUT2D eigenvalue weighted by molar-refractivity contribution is -0.144. The Labute approximate surface area is 131 Å². The number of carbonyl (C=O) groups excluding carboxylic acids is 2. The molecule has 0 aromatic carbocycles. The molecule has 116 valence electrons. The van der Waals surface area contributed by atoms with Crippen molar-refractivity contribution in [2.24, 2.45) is 0 Å². The fourth-order valence-electron chi connectivity index (χ4n) is 1.56. The van der Waals surface area contributed by atoms with Crippen molar-refractivity contribution in [2.45, 2.75) is 32.7 Å². The molecule has 0 saturated heterocycles. The van der Waals surface area contributed by atoms with E-state index in [9.17, 15) is 14.4 Å². The van der Waals surface area contributed by atoms with E-state index < -0.39 is 23.9 Å². The minimum atomic E-state index is -1.21. The first-order chi connectivity index (χ1) is 9.86. The van der Waals surface area contributed by atoms with E-state index in [1.54, 1.807) is 19.2 Å². The molecule has 1 heterocycles. The number of amides is 1. The molecule has 8 heteroatoms. The first-order valence-electron chi connectivity index (χ1n) is 6.29. The minimum absolute atomic E-state index is 0.0398. The molecule has 1 rings (SSSR count). The number of carboxylic acid groups (broad SMARTS) is 1. The number of aliphatic carboxylic acids is 1. The SMILES string of the molecule is CCOC(=O)CC[C@H](NC(=O)c1scc(C)c1Cl)C(=O)O. The van der Waals surface area contributed by atoms with Crippen LogP contribution >= 0.6 is 22.9 Å². The van der Waals surface area contributed by atoms with E-state index >= 15 is 0 Å². The van der Waals surface area contributed by atoms with Crippen LogP contribution < -0.4 is 5.32 Å². The third-order valence-electron chi connectivity index (χ3n) is 2.65. The van der Waals surface area contributed by atoms with Crippen molar-refractivity contribution in [3.63, 3.8) is 0 Å². The molecule has 0 saturated carbocycles. The Morgan fingerprint density at radius 3 is 2.62 bits per heavy atom. The van der Waals surface area contributed by atoms with Crippen LogP contribution in [0.5, 0.6) is 0 Å². The smallest absolute Gasteiger partial charge is 0.326 e. The highest BCUT2D eigenvalue weighted by Crippen LogP contribution is 2.27. The molecule has 1 atom stereocenters. The summed E-state index contributed by atoms with van der Waals surface area (Å²) in [7, 11) is 0. The highest BCUT2D eigenvalue weighted by atomic mass is 35.5. The predicted octanol–water partition coefficient (Wildman–Crippen LogP) is 2.24. The molecule has 0 aliphatic carbocycles. The molecule has 0 unspecified atom stereocenters. The Balaban J connectivity index is 2.66. The van der Waals surface area contributed by atoms with E-state index in [1.165, 1.54) is 0 Å². The second-order valence-electron chi connectivity index (χ2n) is 4.27. The Bertz CT molecular complexity index is 543. The molecule has 0 radical (unpaired) electrons. The fourth-order valence-corrected chi connectivity index (χ4v) is 2.74. The number of thiophene rings is 1. The largest absolute Gasteiger partial charge is 0.480 e. The Kier molecular flexibility index (Phi) is 6.64. The summed E-state index contributed by atoms with van der Waals surface area (Å²) >= 11 is 7.11. The van der Waals surface area contributed by atoms with Gasteiger partial charge < -0.3 is 15.2 Å². The van der Waals surface area contributed by atoms with E-state index in [2.05, 4.69) is 5.32 Å². The number of carboxylic acids is 1. The normalized spacial score (nSPS) is 11.8. The van der Waals surface area contributed by atoms with Crippen LogP contribution in [0.25, 0.3) is 0 Å². The molecule has 1 amide bonds. The molecular weight excluding hydrogens is 318 g/mol. The van der Waals surface area contributed by atoms with E-state index in [-0.39, 0.29) is 24.3 Å². The maximum atomic E-state index is 12.0. The van der Waals surface area contributed by atoms with Gasteiger partial charge in [0.05, 0.1) is 11.6 Å². The molecule has 0 bridgehead atoms. The van der Waals surface area contributed by atoms with Crippen LogP contribution in [0.2, 0.25) is 5.02 Å². The molecule has 6 nitrogen and oxygen atoms in total. The third-order valence-corrected chi connectivity index (χ3v) is 4.35. The Morgan fingerprint density at radius 1 is 1.48 bits per heavy atom. The number of halogens is 1. The number of esters is 1. The quantitative estimate of drug-likeness (QED) is 0.746. The summed E-state index contributed by atoms with van der Waals surface area (Å²) in [6.45, 7) is 3.65. The van der Waals surface area contributed by atoms with Gasteiger partial charge in [-0.15, -0.1) is 11.3 Å². The zero-order valence-corrected chi connectivity index (χ0v) is 13.2. The molecular formula is C13H16ClNO5S. The summed E-state index contributed by atoms with van der Waals surface area (Å²) in [5.74, 6) is -2.27. The summed E-state index contributed by atoms with van der Waals surface area (Å²) < 4.78 is 4.72. The lowest BCUT2D eigenvalue weighted by Crippen LogP contribution is -2.41. The molecule has 0 aliphatic heterocycles. The zero-order valence-electron chi connectivity index (χ0n) is 11.6. The molecule has 1 aromatic heterocycles. The van der Waals surface area contributed by atoms with Gasteiger partial charge in [0.25, 0.3) is 5.91 Å². The van der Waals surface area contributed by atoms with Crippen LogP contribution in [-0.2, 0) is 14.3 Å². The van der Waals surface area contributed by atoms with Crippen molar-refractivity contribution >= 4 is 40.8 Å². The Morgan fingerprint density at radius 2 is 2.14 bits per heavy atom. The molecule has 2 N–H and O–H groups in total. The number of hydrogen-bond acceptors (Lipinski definition) is 5. The molecule has 0 aliphatic rings. The van der Waals surface area contributed by atoms with Crippen molar-refractivity contribution in [3.05, 3.63) is 20.8 Å². The van der Waals surface area contributed by atoms with Crippen molar-refractivity contribution < 1.29 is 24.2 Å². The first kappa shape index (κ1) is 17.5. The average molecular weight is 334 g/mol. The van der Waals surface area contributed by atoms with Crippen LogP contribution in [0.1, 0.15) is 35.0 Å². The molecule has 0 fully saturated rings. The number of rotatable bonds is 7. The third kappa shape index (κ3) is 5.02. The minimum Gasteiger partial charge on any atom is -0.480 e. The summed E-state index contributed by atoms with van der Waals surface area (Å²) in [6, 6.07) is -1.17. The van der Waals surface area contributed by atoms with Gasteiger partial charge in [-0.25, -0.2) is 4.79 Å². The number of aryl methyl sites for hydroxylation is 1. The lowest BCUT2D eigenvalue weighted by Gasteiger charge is -2.13. The topological polar surface area (TPSA) is 92.7 Å². The lowest BCUT2D eigenvalue weighted by atomic mass is 10.1. The first-order valence-corrected chi connectivity index (χ1v) is 7.55. The zero-order chi connectivity index (χ0) is 16.0. The van der Waals surface area contributed by atoms with Gasteiger partial charge >= 0.3 is 11.9 Å². The van der Waals surface area contributed by atoms with Crippen LogP contribution in [0, 0.1) is 6.92 Å². The van der Waals surface area contributed by atoms with Crippen molar-refractivity contribution in [2.75, 3.05) is 6.61 Å². The maximum absolute atomic E-state index is 12.0. The van der Waals surface area contributed by atoms with Gasteiger partial charge in [0, 0.05) is 6.42 Å². The van der Waals surface area contributed by atoms with Crippen LogP contribution in [0.15, 0.2) is 5.38 Å². The van der Waals surface area contributed by atoms with Gasteiger partial charge in [-0.1, -0.05) is 11.6 Å². The van der Waals surface area contributed by atoms with Gasteiger partial charge in [-0.2, -0.15) is 0 Å². The summed E-state index contributed by atoms with van der Waals surface area (Å²) in [5.41, 5.74) is 0.755. The monoisotopic (exact) mass is 333 g/mol. The second kappa shape index (κ2) is 7.99. The predicted molar refractivity (Wildman–Crippen MR) is 78.8 cm³/mol. The van der Waals surface area contributed by atoms with Crippen LogP contribution in [0.4, 0.5) is 0 Å². The summed E-state index contributed by atoms with van der Waals surface area (Å²) in [4.78, 5) is 34.6. The number of hydrogen-bond donors (Lipinski definition) is 2. The molecule has 0 spiro atoms. The molecule has 21 heavy (non-hydrogen) atoms. The Hall–Kier alpha value is -1.60. The second-order valence-corrected chi connectivity index (χ2v) is 5.53. The van der Waals surface area contributed by atoms with E-state index in [1.807, 2.05) is 0 Å². The number of nitrogens with one attached hydrogen (secondary N) is 1. The molecule has 1 aromatic rings. The summed E-state index contributed by atoms with van der Waals surface area (Å²) in [6.07, 6.45) is -0.121. The van der Waals surface area contributed by atoms with Gasteiger partial charge in [0.15, 0.2) is 0 Å². The van der Waals surface area contributed by atoms with Crippen molar-refractivity contribution in [1.29, 1.82) is 0 Å². The van der Waals surface area contributed by atoms with Gasteiger partial charge in [0.1, 0.15) is 10.9 Å². The fraction of sp³-hybridized carbons (Fsp3) is 0.462. The summed E-state index contributed by atoms with van der Waals surface area (Å²) in [5, 5.41) is 13.5. The van der Waals surface area contributed by atoms with E-state index in [4.69, 9.17) is 21.4 Å². The highest BCUT2D eigenvalue weighted by molar-refractivity contribution is 7.13. The maximum Gasteiger partial charge on any atom is 0.326 e. The highest BCUT2D eigenvalue weighted by Gasteiger charge is 2.24. The van der Waals surface area contributed by atoms with E-state index in [0.29, 0.717) is 5.02 Å². The van der Waals surface area contributed by atoms with Crippen molar-refractivity contribution in [1.82, 2.24) is 5.32 Å². The van der Waals surface area contributed by atoms with Crippen molar-refractivity contribution in [3.8, 4) is 0 Å². The van der Waals surface area contributed by atoms with Gasteiger partial charge in [-0.3, -0.25) is 9.59 Å². The van der Waals surface area contributed by atoms with Gasteiger partial charge in [0.2, 0.25) is 0 Å². The van der Waals surface area contributed by atoms with Crippen LogP contribution in [0.3, 0.4) is 0 Å². The van der Waals surface area contributed by atoms with Gasteiger partial charge in [-0.05, 0) is 31.2 Å². The standard InChI is InChI=1S/C13H16ClNO5S/c1-3-20-9(16)5-4-8(13(18)19)15-12(17)11-10(14)7(2)6-21-11/h6,8H,3-5H2,1-2H3,(H,15,17)(H,18,19)/t8-/m0/s1. The van der Waals surface area contributed by atoms with Crippen LogP contribution in [-0.4, -0.2) is 35.6 Å². The number of ether oxygens (including phenoxy) is 1.